The molecule has 0 saturated carbocycles. The largest absolute Gasteiger partial charge is 0.507 e. The Balaban J connectivity index is 2.62. The smallest absolute Gasteiger partial charge is 0.255 e. The van der Waals surface area contributed by atoms with Gasteiger partial charge in [-0.3, -0.25) is 4.79 Å². The van der Waals surface area contributed by atoms with Gasteiger partial charge < -0.3 is 15.5 Å². The maximum atomic E-state index is 11.6. The molecule has 1 rings (SSSR count). The van der Waals surface area contributed by atoms with E-state index < -0.39 is 6.10 Å². The number of phenols is 1. The molecule has 88 valence electrons. The molecule has 0 fully saturated rings. The predicted molar refractivity (Wildman–Crippen MR) is 61.5 cm³/mol. The lowest BCUT2D eigenvalue weighted by molar-refractivity contribution is 0.0943. The van der Waals surface area contributed by atoms with Crippen LogP contribution in [0, 0.1) is 6.92 Å². The number of benzene rings is 1. The van der Waals surface area contributed by atoms with Gasteiger partial charge in [-0.25, -0.2) is 0 Å². The molecule has 0 saturated heterocycles. The van der Waals surface area contributed by atoms with Gasteiger partial charge in [0.25, 0.3) is 5.91 Å². The molecule has 0 radical (unpaired) electrons. The fourth-order valence-electron chi connectivity index (χ4n) is 1.32. The first kappa shape index (κ1) is 12.5. The summed E-state index contributed by atoms with van der Waals surface area (Å²) in [6.07, 6.45) is 0.0598. The highest BCUT2D eigenvalue weighted by molar-refractivity contribution is 5.96. The molecule has 3 N–H and O–H groups in total. The summed E-state index contributed by atoms with van der Waals surface area (Å²) >= 11 is 0. The summed E-state index contributed by atoms with van der Waals surface area (Å²) in [4.78, 5) is 11.6. The Morgan fingerprint density at radius 2 is 2.19 bits per heavy atom. The summed E-state index contributed by atoms with van der Waals surface area (Å²) in [6, 6.07) is 4.87. The minimum atomic E-state index is -0.439. The monoisotopic (exact) mass is 223 g/mol. The van der Waals surface area contributed by atoms with Gasteiger partial charge >= 0.3 is 0 Å². The van der Waals surface area contributed by atoms with E-state index >= 15 is 0 Å². The maximum Gasteiger partial charge on any atom is 0.255 e. The zero-order chi connectivity index (χ0) is 12.1. The minimum absolute atomic E-state index is 0.0276. The second-order valence-corrected chi connectivity index (χ2v) is 3.91. The Hall–Kier alpha value is -1.55. The number of rotatable bonds is 4. The van der Waals surface area contributed by atoms with Gasteiger partial charge in [-0.05, 0) is 32.4 Å². The third kappa shape index (κ3) is 3.55. The number of carbonyl (C=O) groups is 1. The van der Waals surface area contributed by atoms with Gasteiger partial charge in [-0.15, -0.1) is 0 Å². The van der Waals surface area contributed by atoms with Gasteiger partial charge in [0, 0.05) is 6.54 Å². The molecule has 1 unspecified atom stereocenters. The maximum absolute atomic E-state index is 11.6. The van der Waals surface area contributed by atoms with Gasteiger partial charge in [0.05, 0.1) is 11.7 Å². The normalized spacial score (nSPS) is 12.2. The average Bonchev–Trinajstić information content (AvgIpc) is 2.21. The summed E-state index contributed by atoms with van der Waals surface area (Å²) < 4.78 is 0. The van der Waals surface area contributed by atoms with Gasteiger partial charge in [0.2, 0.25) is 0 Å². The fourth-order valence-corrected chi connectivity index (χ4v) is 1.32. The van der Waals surface area contributed by atoms with Crippen molar-refractivity contribution in [2.45, 2.75) is 26.4 Å². The van der Waals surface area contributed by atoms with Crippen LogP contribution in [-0.2, 0) is 0 Å². The SMILES string of the molecule is Cc1ccc(O)c(C(=O)NCCC(C)O)c1. The number of phenolic OH excluding ortho intramolecular Hbond substituents is 1. The molecule has 4 nitrogen and oxygen atoms in total. The van der Waals surface area contributed by atoms with E-state index in [4.69, 9.17) is 5.11 Å². The van der Waals surface area contributed by atoms with Crippen molar-refractivity contribution in [2.75, 3.05) is 6.54 Å². The number of aliphatic hydroxyl groups excluding tert-OH is 1. The van der Waals surface area contributed by atoms with Crippen molar-refractivity contribution >= 4 is 5.91 Å². The van der Waals surface area contributed by atoms with Crippen LogP contribution >= 0.6 is 0 Å². The van der Waals surface area contributed by atoms with Crippen LogP contribution in [0.2, 0.25) is 0 Å². The summed E-state index contributed by atoms with van der Waals surface area (Å²) in [5.41, 5.74) is 1.18. The molecule has 0 heterocycles. The van der Waals surface area contributed by atoms with Crippen LogP contribution in [0.1, 0.15) is 29.3 Å². The van der Waals surface area contributed by atoms with Crippen LogP contribution in [0.15, 0.2) is 18.2 Å². The number of hydrogen-bond donors (Lipinski definition) is 3. The van der Waals surface area contributed by atoms with E-state index in [9.17, 15) is 9.90 Å². The van der Waals surface area contributed by atoms with E-state index in [1.165, 1.54) is 6.07 Å². The Morgan fingerprint density at radius 3 is 2.81 bits per heavy atom. The van der Waals surface area contributed by atoms with E-state index in [1.807, 2.05) is 6.92 Å². The van der Waals surface area contributed by atoms with Crippen molar-refractivity contribution in [3.05, 3.63) is 29.3 Å². The van der Waals surface area contributed by atoms with Crippen molar-refractivity contribution in [3.8, 4) is 5.75 Å². The molecule has 0 aliphatic rings. The second-order valence-electron chi connectivity index (χ2n) is 3.91. The third-order valence-electron chi connectivity index (χ3n) is 2.24. The first-order valence-electron chi connectivity index (χ1n) is 5.26. The van der Waals surface area contributed by atoms with Gasteiger partial charge in [0.1, 0.15) is 5.75 Å². The van der Waals surface area contributed by atoms with Crippen molar-refractivity contribution in [1.82, 2.24) is 5.32 Å². The number of nitrogens with one attached hydrogen (secondary N) is 1. The van der Waals surface area contributed by atoms with Crippen LogP contribution in [0.4, 0.5) is 0 Å². The lowest BCUT2D eigenvalue weighted by atomic mass is 10.1. The van der Waals surface area contributed by atoms with E-state index in [2.05, 4.69) is 5.32 Å². The molecule has 1 atom stereocenters. The lowest BCUT2D eigenvalue weighted by Gasteiger charge is -2.08. The molecule has 0 aliphatic carbocycles. The van der Waals surface area contributed by atoms with E-state index in [-0.39, 0.29) is 17.2 Å². The van der Waals surface area contributed by atoms with Crippen LogP contribution in [0.5, 0.6) is 5.75 Å². The highest BCUT2D eigenvalue weighted by atomic mass is 16.3. The van der Waals surface area contributed by atoms with Crippen LogP contribution in [-0.4, -0.2) is 28.8 Å². The molecule has 16 heavy (non-hydrogen) atoms. The number of carbonyl (C=O) groups excluding carboxylic acids is 1. The molecule has 0 bridgehead atoms. The fraction of sp³-hybridized carbons (Fsp3) is 0.417. The summed E-state index contributed by atoms with van der Waals surface area (Å²) in [5, 5.41) is 21.2. The Bertz CT molecular complexity index is 375. The number of amides is 1. The van der Waals surface area contributed by atoms with Crippen molar-refractivity contribution in [2.24, 2.45) is 0 Å². The summed E-state index contributed by atoms with van der Waals surface area (Å²) in [5.74, 6) is -0.345. The van der Waals surface area contributed by atoms with Crippen molar-refractivity contribution < 1.29 is 15.0 Å². The van der Waals surface area contributed by atoms with Crippen LogP contribution in [0.3, 0.4) is 0 Å². The highest BCUT2D eigenvalue weighted by Gasteiger charge is 2.10. The van der Waals surface area contributed by atoms with E-state index in [0.717, 1.165) is 5.56 Å². The quantitative estimate of drug-likeness (QED) is 0.718. The standard InChI is InChI=1S/C12H17NO3/c1-8-3-4-11(15)10(7-8)12(16)13-6-5-9(2)14/h3-4,7,9,14-15H,5-6H2,1-2H3,(H,13,16). The van der Waals surface area contributed by atoms with Crippen LogP contribution < -0.4 is 5.32 Å². The third-order valence-corrected chi connectivity index (χ3v) is 2.24. The predicted octanol–water partition coefficient (Wildman–Crippen LogP) is 1.20. The first-order valence-corrected chi connectivity index (χ1v) is 5.26. The molecule has 4 heteroatoms. The molecule has 1 aromatic carbocycles. The summed E-state index contributed by atoms with van der Waals surface area (Å²) in [6.45, 7) is 3.91. The molecule has 1 amide bonds. The number of hydrogen-bond acceptors (Lipinski definition) is 3. The van der Waals surface area contributed by atoms with Crippen molar-refractivity contribution in [1.29, 1.82) is 0 Å². The Labute approximate surface area is 94.9 Å². The summed E-state index contributed by atoms with van der Waals surface area (Å²) in [7, 11) is 0. The van der Waals surface area contributed by atoms with Gasteiger partial charge in [0.15, 0.2) is 0 Å². The Morgan fingerprint density at radius 1 is 1.50 bits per heavy atom. The number of aromatic hydroxyl groups is 1. The number of aliphatic hydroxyl groups is 1. The molecule has 0 spiro atoms. The zero-order valence-electron chi connectivity index (χ0n) is 9.53. The molecule has 0 aliphatic heterocycles. The van der Waals surface area contributed by atoms with E-state index in [0.29, 0.717) is 13.0 Å². The topological polar surface area (TPSA) is 69.6 Å². The Kier molecular flexibility index (Phi) is 4.31. The number of aryl methyl sites for hydroxylation is 1. The van der Waals surface area contributed by atoms with Crippen LogP contribution in [0.25, 0.3) is 0 Å². The van der Waals surface area contributed by atoms with Gasteiger partial charge in [-0.2, -0.15) is 0 Å². The average molecular weight is 223 g/mol. The minimum Gasteiger partial charge on any atom is -0.507 e. The second kappa shape index (κ2) is 5.51. The molecule has 0 aromatic heterocycles. The van der Waals surface area contributed by atoms with Gasteiger partial charge in [-0.1, -0.05) is 11.6 Å². The zero-order valence-corrected chi connectivity index (χ0v) is 9.53. The first-order chi connectivity index (χ1) is 7.50. The molecule has 1 aromatic rings. The molecular weight excluding hydrogens is 206 g/mol. The van der Waals surface area contributed by atoms with Crippen molar-refractivity contribution in [3.63, 3.8) is 0 Å². The highest BCUT2D eigenvalue weighted by Crippen LogP contribution is 2.17. The lowest BCUT2D eigenvalue weighted by Crippen LogP contribution is -2.26. The molecular formula is C12H17NO3. The van der Waals surface area contributed by atoms with E-state index in [1.54, 1.807) is 19.1 Å².